The number of nitrogens with one attached hydrogen (secondary N) is 1. The predicted octanol–water partition coefficient (Wildman–Crippen LogP) is 4.32. The number of methoxy groups -OCH3 is 2. The largest absolute Gasteiger partial charge is 0.493 e. The van der Waals surface area contributed by atoms with Gasteiger partial charge >= 0.3 is 0 Å². The standard InChI is InChI=1S/C26H28N4O6S/c1-35-21-11-16-10-17(25(32)19(16)13-22(21)36-2)9-15-5-7-29(8-6-15)14-24(31)28-26-27-20-4-3-18(30(33)34)12-23(20)37-26/h3-4,11-13,15,17H,5-10,14H2,1-2H3,(H,27,28,31). The Morgan fingerprint density at radius 1 is 1.19 bits per heavy atom. The number of carbonyl (C=O) groups is 2. The molecule has 3 aromatic rings. The van der Waals surface area contributed by atoms with E-state index in [-0.39, 0.29) is 29.8 Å². The van der Waals surface area contributed by atoms with E-state index in [0.717, 1.165) is 49.9 Å². The molecule has 1 aliphatic carbocycles. The van der Waals surface area contributed by atoms with Crippen LogP contribution in [-0.4, -0.2) is 60.4 Å². The number of anilines is 1. The first-order valence-electron chi connectivity index (χ1n) is 12.2. The number of hydrogen-bond donors (Lipinski definition) is 1. The molecule has 1 atom stereocenters. The third-order valence-electron chi connectivity index (χ3n) is 7.23. The number of aromatic nitrogens is 1. The highest BCUT2D eigenvalue weighted by Gasteiger charge is 2.34. The molecule has 37 heavy (non-hydrogen) atoms. The second-order valence-electron chi connectivity index (χ2n) is 9.56. The number of hydrogen-bond acceptors (Lipinski definition) is 9. The molecule has 1 fully saturated rings. The molecule has 1 aromatic heterocycles. The number of piperidine rings is 1. The number of nitrogens with zero attached hydrogens (tertiary/aromatic N) is 3. The summed E-state index contributed by atoms with van der Waals surface area (Å²) in [6, 6.07) is 8.17. The topological polar surface area (TPSA) is 124 Å². The van der Waals surface area contributed by atoms with Crippen LogP contribution in [0.5, 0.6) is 11.5 Å². The van der Waals surface area contributed by atoms with Crippen molar-refractivity contribution in [2.75, 3.05) is 39.2 Å². The fourth-order valence-electron chi connectivity index (χ4n) is 5.31. The SMILES string of the molecule is COc1cc2c(cc1OC)C(=O)C(CC1CCN(CC(=O)Nc3nc4ccc([N+](=O)[O-])cc4s3)CC1)C2. The predicted molar refractivity (Wildman–Crippen MR) is 140 cm³/mol. The highest BCUT2D eigenvalue weighted by atomic mass is 32.1. The molecule has 1 amide bonds. The number of nitro benzene ring substituents is 1. The number of fused-ring (bicyclic) bond motifs is 2. The van der Waals surface area contributed by atoms with E-state index in [1.165, 1.54) is 23.5 Å². The van der Waals surface area contributed by atoms with Gasteiger partial charge in [-0.3, -0.25) is 24.6 Å². The van der Waals surface area contributed by atoms with Crippen molar-refractivity contribution in [1.29, 1.82) is 0 Å². The van der Waals surface area contributed by atoms with Gasteiger partial charge in [-0.05, 0) is 68.5 Å². The van der Waals surface area contributed by atoms with Crippen molar-refractivity contribution in [1.82, 2.24) is 9.88 Å². The van der Waals surface area contributed by atoms with Crippen LogP contribution in [0.1, 0.15) is 35.2 Å². The van der Waals surface area contributed by atoms with Crippen LogP contribution in [0.4, 0.5) is 10.8 Å². The lowest BCUT2D eigenvalue weighted by molar-refractivity contribution is -0.384. The molecule has 1 saturated heterocycles. The monoisotopic (exact) mass is 524 g/mol. The maximum Gasteiger partial charge on any atom is 0.270 e. The second-order valence-corrected chi connectivity index (χ2v) is 10.6. The Hall–Kier alpha value is -3.57. The number of thiazole rings is 1. The highest BCUT2D eigenvalue weighted by molar-refractivity contribution is 7.22. The Morgan fingerprint density at radius 3 is 2.62 bits per heavy atom. The summed E-state index contributed by atoms with van der Waals surface area (Å²) < 4.78 is 11.4. The van der Waals surface area contributed by atoms with Gasteiger partial charge in [-0.25, -0.2) is 4.98 Å². The minimum absolute atomic E-state index is 0.000431. The summed E-state index contributed by atoms with van der Waals surface area (Å²) in [5.41, 5.74) is 2.37. The molecule has 1 unspecified atom stereocenters. The lowest BCUT2D eigenvalue weighted by Gasteiger charge is -2.32. The van der Waals surface area contributed by atoms with Crippen LogP contribution in [0, 0.1) is 22.0 Å². The number of ketones is 1. The average molecular weight is 525 g/mol. The minimum atomic E-state index is -0.448. The number of non-ortho nitro benzene ring substituents is 1. The van der Waals surface area contributed by atoms with Gasteiger partial charge in [-0.2, -0.15) is 0 Å². The first-order valence-corrected chi connectivity index (χ1v) is 13.0. The molecule has 2 aromatic carbocycles. The summed E-state index contributed by atoms with van der Waals surface area (Å²) >= 11 is 1.22. The molecule has 10 nitrogen and oxygen atoms in total. The van der Waals surface area contributed by atoms with E-state index < -0.39 is 4.92 Å². The number of likely N-dealkylation sites (tertiary alicyclic amines) is 1. The van der Waals surface area contributed by atoms with Gasteiger partial charge in [-0.15, -0.1) is 0 Å². The van der Waals surface area contributed by atoms with Gasteiger partial charge < -0.3 is 14.8 Å². The van der Waals surface area contributed by atoms with E-state index >= 15 is 0 Å². The molecule has 2 aliphatic rings. The van der Waals surface area contributed by atoms with Crippen LogP contribution >= 0.6 is 11.3 Å². The number of nitro groups is 1. The van der Waals surface area contributed by atoms with Crippen LogP contribution in [0.2, 0.25) is 0 Å². The van der Waals surface area contributed by atoms with E-state index in [1.54, 1.807) is 26.4 Å². The molecular formula is C26H28N4O6S. The summed E-state index contributed by atoms with van der Waals surface area (Å²) in [4.78, 5) is 42.6. The number of ether oxygens (including phenoxy) is 2. The van der Waals surface area contributed by atoms with Crippen LogP contribution in [0.25, 0.3) is 10.2 Å². The molecular weight excluding hydrogens is 496 g/mol. The maximum absolute atomic E-state index is 13.0. The summed E-state index contributed by atoms with van der Waals surface area (Å²) in [7, 11) is 3.17. The van der Waals surface area contributed by atoms with Crippen molar-refractivity contribution in [2.45, 2.75) is 25.7 Å². The van der Waals surface area contributed by atoms with E-state index in [0.29, 0.717) is 32.8 Å². The zero-order valence-electron chi connectivity index (χ0n) is 20.7. The van der Waals surface area contributed by atoms with Crippen molar-refractivity contribution in [2.24, 2.45) is 11.8 Å². The van der Waals surface area contributed by atoms with Gasteiger partial charge in [-0.1, -0.05) is 11.3 Å². The Labute approximate surface area is 217 Å². The molecule has 1 N–H and O–H groups in total. The Balaban J connectivity index is 1.11. The summed E-state index contributed by atoms with van der Waals surface area (Å²) in [5, 5.41) is 14.2. The van der Waals surface area contributed by atoms with Crippen molar-refractivity contribution < 1.29 is 24.0 Å². The van der Waals surface area contributed by atoms with Crippen LogP contribution in [0.3, 0.4) is 0 Å². The quantitative estimate of drug-likeness (QED) is 0.341. The van der Waals surface area contributed by atoms with Gasteiger partial charge in [0.1, 0.15) is 0 Å². The molecule has 2 heterocycles. The molecule has 0 bridgehead atoms. The van der Waals surface area contributed by atoms with Gasteiger partial charge in [0.15, 0.2) is 22.4 Å². The fourth-order valence-corrected chi connectivity index (χ4v) is 6.23. The second kappa shape index (κ2) is 10.4. The lowest BCUT2D eigenvalue weighted by atomic mass is 9.85. The number of benzene rings is 2. The summed E-state index contributed by atoms with van der Waals surface area (Å²) in [6.07, 6.45) is 3.44. The Bertz CT molecular complexity index is 1360. The zero-order valence-corrected chi connectivity index (χ0v) is 21.5. The van der Waals surface area contributed by atoms with E-state index in [9.17, 15) is 19.7 Å². The van der Waals surface area contributed by atoms with Crippen molar-refractivity contribution >= 4 is 44.1 Å². The average Bonchev–Trinajstić information content (AvgIpc) is 3.42. The van der Waals surface area contributed by atoms with Crippen LogP contribution in [-0.2, 0) is 11.2 Å². The number of rotatable bonds is 8. The van der Waals surface area contributed by atoms with Crippen molar-refractivity contribution in [3.05, 3.63) is 51.6 Å². The van der Waals surface area contributed by atoms with Crippen molar-refractivity contribution in [3.8, 4) is 11.5 Å². The van der Waals surface area contributed by atoms with Crippen LogP contribution in [0.15, 0.2) is 30.3 Å². The minimum Gasteiger partial charge on any atom is -0.493 e. The first kappa shape index (κ1) is 25.1. The third kappa shape index (κ3) is 5.28. The van der Waals surface area contributed by atoms with E-state index in [1.807, 2.05) is 6.07 Å². The first-order chi connectivity index (χ1) is 17.8. The molecule has 0 radical (unpaired) electrons. The molecule has 5 rings (SSSR count). The Morgan fingerprint density at radius 2 is 1.92 bits per heavy atom. The summed E-state index contributed by atoms with van der Waals surface area (Å²) in [5.74, 6) is 1.66. The molecule has 1 aliphatic heterocycles. The number of Topliss-reactive ketones (excluding diaryl/α,β-unsaturated/α-hetero) is 1. The molecule has 11 heteroatoms. The normalized spacial score (nSPS) is 18.1. The lowest BCUT2D eigenvalue weighted by Crippen LogP contribution is -2.39. The number of amides is 1. The Kier molecular flexibility index (Phi) is 7.07. The van der Waals surface area contributed by atoms with Gasteiger partial charge in [0.05, 0.1) is 35.9 Å². The molecule has 194 valence electrons. The smallest absolute Gasteiger partial charge is 0.270 e. The van der Waals surface area contributed by atoms with Crippen LogP contribution < -0.4 is 14.8 Å². The fraction of sp³-hybridized carbons (Fsp3) is 0.423. The van der Waals surface area contributed by atoms with Gasteiger partial charge in [0, 0.05) is 23.6 Å². The van der Waals surface area contributed by atoms with E-state index in [4.69, 9.17) is 9.47 Å². The zero-order chi connectivity index (χ0) is 26.1. The summed E-state index contributed by atoms with van der Waals surface area (Å²) in [6.45, 7) is 1.84. The van der Waals surface area contributed by atoms with Gasteiger partial charge in [0.25, 0.3) is 5.69 Å². The van der Waals surface area contributed by atoms with Crippen molar-refractivity contribution in [3.63, 3.8) is 0 Å². The number of carbonyl (C=O) groups excluding carboxylic acids is 2. The molecule has 0 spiro atoms. The highest BCUT2D eigenvalue weighted by Crippen LogP contribution is 2.39. The third-order valence-corrected chi connectivity index (χ3v) is 8.17. The van der Waals surface area contributed by atoms with Gasteiger partial charge in [0.2, 0.25) is 5.91 Å². The van der Waals surface area contributed by atoms with E-state index in [2.05, 4.69) is 15.2 Å². The maximum atomic E-state index is 13.0. The molecule has 0 saturated carbocycles.